The Labute approximate surface area is 135 Å². The summed E-state index contributed by atoms with van der Waals surface area (Å²) >= 11 is 0. The van der Waals surface area contributed by atoms with Crippen LogP contribution in [0, 0.1) is 0 Å². The monoisotopic (exact) mass is 309 g/mol. The van der Waals surface area contributed by atoms with E-state index in [9.17, 15) is 0 Å². The highest BCUT2D eigenvalue weighted by Gasteiger charge is 2.15. The number of anilines is 2. The average Bonchev–Trinajstić information content (AvgIpc) is 2.60. The molecule has 2 N–H and O–H groups in total. The number of pyridine rings is 1. The number of ether oxygens (including phenoxy) is 1. The standard InChI is InChI=1S/C17H19N5O/c1-4-19-17-20-12-8-6-5-7-11(12)15(22-17)16-13(18-2)9-10-14(21-16)23-3/h5-10,18H,4H2,1-3H3,(H,19,20,22). The second-order valence-electron chi connectivity index (χ2n) is 4.94. The Bertz CT molecular complexity index is 834. The minimum absolute atomic E-state index is 0.548. The Morgan fingerprint density at radius 3 is 2.57 bits per heavy atom. The van der Waals surface area contributed by atoms with Gasteiger partial charge in [0, 0.05) is 25.0 Å². The first-order valence-corrected chi connectivity index (χ1v) is 7.50. The number of nitrogens with zero attached hydrogens (tertiary/aromatic N) is 3. The van der Waals surface area contributed by atoms with Crippen molar-refractivity contribution in [3.8, 4) is 17.3 Å². The van der Waals surface area contributed by atoms with E-state index in [4.69, 9.17) is 4.74 Å². The number of methoxy groups -OCH3 is 1. The molecule has 118 valence electrons. The topological polar surface area (TPSA) is 72.0 Å². The summed E-state index contributed by atoms with van der Waals surface area (Å²) in [5.74, 6) is 1.14. The van der Waals surface area contributed by atoms with Crippen LogP contribution >= 0.6 is 0 Å². The van der Waals surface area contributed by atoms with Gasteiger partial charge in [-0.1, -0.05) is 18.2 Å². The van der Waals surface area contributed by atoms with Crippen molar-refractivity contribution in [2.75, 3.05) is 31.3 Å². The molecule has 1 aromatic carbocycles. The highest BCUT2D eigenvalue weighted by molar-refractivity contribution is 5.95. The molecule has 3 aromatic rings. The maximum absolute atomic E-state index is 5.27. The third-order valence-electron chi connectivity index (χ3n) is 3.51. The molecule has 0 saturated heterocycles. The molecular formula is C17H19N5O. The first-order valence-electron chi connectivity index (χ1n) is 7.50. The van der Waals surface area contributed by atoms with Crippen molar-refractivity contribution in [3.05, 3.63) is 36.4 Å². The molecule has 6 heteroatoms. The molecule has 0 aliphatic heterocycles. The largest absolute Gasteiger partial charge is 0.481 e. The number of hydrogen-bond acceptors (Lipinski definition) is 6. The lowest BCUT2D eigenvalue weighted by Crippen LogP contribution is -2.05. The van der Waals surface area contributed by atoms with Crippen LogP contribution in [-0.4, -0.2) is 35.7 Å². The van der Waals surface area contributed by atoms with Crippen LogP contribution in [0.4, 0.5) is 11.6 Å². The summed E-state index contributed by atoms with van der Waals surface area (Å²) in [6.07, 6.45) is 0. The molecule has 0 aliphatic rings. The molecule has 0 amide bonds. The lowest BCUT2D eigenvalue weighted by atomic mass is 10.1. The Balaban J connectivity index is 2.30. The van der Waals surface area contributed by atoms with Gasteiger partial charge >= 0.3 is 0 Å². The van der Waals surface area contributed by atoms with Crippen molar-refractivity contribution in [2.24, 2.45) is 0 Å². The highest BCUT2D eigenvalue weighted by Crippen LogP contribution is 2.32. The van der Waals surface area contributed by atoms with Crippen LogP contribution < -0.4 is 15.4 Å². The minimum atomic E-state index is 0.548. The minimum Gasteiger partial charge on any atom is -0.481 e. The average molecular weight is 309 g/mol. The van der Waals surface area contributed by atoms with Crippen LogP contribution in [-0.2, 0) is 0 Å². The van der Waals surface area contributed by atoms with Gasteiger partial charge in [0.05, 0.1) is 18.3 Å². The van der Waals surface area contributed by atoms with Crippen molar-refractivity contribution in [2.45, 2.75) is 6.92 Å². The van der Waals surface area contributed by atoms with Gasteiger partial charge in [0.1, 0.15) is 11.4 Å². The molecule has 6 nitrogen and oxygen atoms in total. The van der Waals surface area contributed by atoms with Gasteiger partial charge in [-0.25, -0.2) is 15.0 Å². The number of benzene rings is 1. The van der Waals surface area contributed by atoms with Gasteiger partial charge in [-0.3, -0.25) is 0 Å². The van der Waals surface area contributed by atoms with Crippen LogP contribution in [0.5, 0.6) is 5.88 Å². The van der Waals surface area contributed by atoms with Crippen LogP contribution in [0.25, 0.3) is 22.3 Å². The molecule has 0 bridgehead atoms. The second-order valence-corrected chi connectivity index (χ2v) is 4.94. The van der Waals surface area contributed by atoms with Crippen LogP contribution in [0.2, 0.25) is 0 Å². The summed E-state index contributed by atoms with van der Waals surface area (Å²) in [7, 11) is 3.47. The summed E-state index contributed by atoms with van der Waals surface area (Å²) in [5.41, 5.74) is 3.27. The Hall–Kier alpha value is -2.89. The van der Waals surface area contributed by atoms with Crippen molar-refractivity contribution in [1.82, 2.24) is 15.0 Å². The second kappa shape index (κ2) is 6.48. The zero-order valence-electron chi connectivity index (χ0n) is 13.4. The fourth-order valence-electron chi connectivity index (χ4n) is 2.43. The van der Waals surface area contributed by atoms with Crippen LogP contribution in [0.15, 0.2) is 36.4 Å². The molecule has 2 heterocycles. The van der Waals surface area contributed by atoms with Gasteiger partial charge in [-0.15, -0.1) is 0 Å². The van der Waals surface area contributed by atoms with Crippen molar-refractivity contribution < 1.29 is 4.74 Å². The first kappa shape index (κ1) is 15.0. The fourth-order valence-corrected chi connectivity index (χ4v) is 2.43. The van der Waals surface area contributed by atoms with E-state index in [-0.39, 0.29) is 0 Å². The molecular weight excluding hydrogens is 290 g/mol. The Morgan fingerprint density at radius 2 is 1.83 bits per heavy atom. The van der Waals surface area contributed by atoms with Gasteiger partial charge < -0.3 is 15.4 Å². The lowest BCUT2D eigenvalue weighted by molar-refractivity contribution is 0.398. The molecule has 0 aliphatic carbocycles. The van der Waals surface area contributed by atoms with Crippen molar-refractivity contribution in [1.29, 1.82) is 0 Å². The smallest absolute Gasteiger partial charge is 0.223 e. The number of hydrogen-bond donors (Lipinski definition) is 2. The zero-order chi connectivity index (χ0) is 16.2. The van der Waals surface area contributed by atoms with Gasteiger partial charge in [0.25, 0.3) is 0 Å². The van der Waals surface area contributed by atoms with E-state index < -0.39 is 0 Å². The molecule has 3 rings (SSSR count). The number of para-hydroxylation sites is 1. The van der Waals surface area contributed by atoms with Crippen LogP contribution in [0.3, 0.4) is 0 Å². The number of nitrogens with one attached hydrogen (secondary N) is 2. The third kappa shape index (κ3) is 2.88. The third-order valence-corrected chi connectivity index (χ3v) is 3.51. The predicted molar refractivity (Wildman–Crippen MR) is 93.0 cm³/mol. The molecule has 0 unspecified atom stereocenters. The van der Waals surface area contributed by atoms with Gasteiger partial charge in [-0.05, 0) is 19.1 Å². The normalized spacial score (nSPS) is 10.6. The summed E-state index contributed by atoms with van der Waals surface area (Å²) in [4.78, 5) is 13.8. The summed E-state index contributed by atoms with van der Waals surface area (Å²) < 4.78 is 5.27. The molecule has 2 aromatic heterocycles. The van der Waals surface area contributed by atoms with E-state index in [2.05, 4.69) is 25.6 Å². The molecule has 0 atom stereocenters. The highest BCUT2D eigenvalue weighted by atomic mass is 16.5. The molecule has 23 heavy (non-hydrogen) atoms. The van der Waals surface area contributed by atoms with E-state index in [1.807, 2.05) is 50.4 Å². The SMILES string of the molecule is CCNc1nc(-c2nc(OC)ccc2NC)c2ccccc2n1. The fraction of sp³-hybridized carbons (Fsp3) is 0.235. The maximum atomic E-state index is 5.27. The Morgan fingerprint density at radius 1 is 1.00 bits per heavy atom. The molecule has 0 saturated carbocycles. The van der Waals surface area contributed by atoms with E-state index in [1.54, 1.807) is 7.11 Å². The zero-order valence-corrected chi connectivity index (χ0v) is 13.4. The van der Waals surface area contributed by atoms with Gasteiger partial charge in [-0.2, -0.15) is 0 Å². The van der Waals surface area contributed by atoms with Crippen LogP contribution in [0.1, 0.15) is 6.92 Å². The quantitative estimate of drug-likeness (QED) is 0.754. The first-order chi connectivity index (χ1) is 11.3. The van der Waals surface area contributed by atoms with Crippen molar-refractivity contribution >= 4 is 22.5 Å². The van der Waals surface area contributed by atoms with Gasteiger partial charge in [0.15, 0.2) is 0 Å². The molecule has 0 spiro atoms. The number of rotatable bonds is 5. The van der Waals surface area contributed by atoms with E-state index in [1.165, 1.54) is 0 Å². The summed E-state index contributed by atoms with van der Waals surface area (Å²) in [5, 5.41) is 7.29. The predicted octanol–water partition coefficient (Wildman–Crippen LogP) is 3.17. The van der Waals surface area contributed by atoms with E-state index >= 15 is 0 Å². The van der Waals surface area contributed by atoms with Gasteiger partial charge in [0.2, 0.25) is 11.8 Å². The molecule has 0 radical (unpaired) electrons. The summed E-state index contributed by atoms with van der Waals surface area (Å²) in [6.45, 7) is 2.77. The lowest BCUT2D eigenvalue weighted by Gasteiger charge is -2.13. The van der Waals surface area contributed by atoms with E-state index in [0.717, 1.165) is 34.5 Å². The van der Waals surface area contributed by atoms with Crippen molar-refractivity contribution in [3.63, 3.8) is 0 Å². The number of aromatic nitrogens is 3. The number of fused-ring (bicyclic) bond motifs is 1. The summed E-state index contributed by atoms with van der Waals surface area (Å²) in [6, 6.07) is 11.7. The Kier molecular flexibility index (Phi) is 4.23. The van der Waals surface area contributed by atoms with E-state index in [0.29, 0.717) is 11.8 Å². The maximum Gasteiger partial charge on any atom is 0.223 e. The molecule has 0 fully saturated rings.